The number of rotatable bonds is 2. The van der Waals surface area contributed by atoms with E-state index in [9.17, 15) is 9.90 Å². The minimum absolute atomic E-state index is 0.114. The van der Waals surface area contributed by atoms with E-state index in [4.69, 9.17) is 5.11 Å². The van der Waals surface area contributed by atoms with Crippen LogP contribution in [0.3, 0.4) is 0 Å². The normalized spacial score (nSPS) is 35.1. The van der Waals surface area contributed by atoms with Gasteiger partial charge in [-0.25, -0.2) is 0 Å². The molecule has 1 rings (SSSR count). The van der Waals surface area contributed by atoms with Gasteiger partial charge in [-0.2, -0.15) is 0 Å². The zero-order valence-corrected chi connectivity index (χ0v) is 6.95. The van der Waals surface area contributed by atoms with E-state index in [1.165, 1.54) is 6.92 Å². The molecule has 0 saturated carbocycles. The standard InChI is InChI=1S/C7H14N2O3/c1-4(11)9-5-2-8-6(3-10)7(5)12/h5-8,10,12H,2-3H2,1H3,(H,9,11)/t5-,6+,7-/m1/s1. The number of aliphatic hydroxyl groups excluding tert-OH is 2. The second-order valence-corrected chi connectivity index (χ2v) is 2.99. The van der Waals surface area contributed by atoms with Gasteiger partial charge in [0.1, 0.15) is 0 Å². The van der Waals surface area contributed by atoms with Crippen LogP contribution in [0, 0.1) is 0 Å². The van der Waals surface area contributed by atoms with Crippen LogP contribution in [0.15, 0.2) is 0 Å². The number of carbonyl (C=O) groups excluding carboxylic acids is 1. The molecule has 1 saturated heterocycles. The van der Waals surface area contributed by atoms with Crippen LogP contribution in [-0.4, -0.2) is 47.5 Å². The number of hydrogen-bond donors (Lipinski definition) is 4. The van der Waals surface area contributed by atoms with Gasteiger partial charge in [0.15, 0.2) is 0 Å². The third-order valence-corrected chi connectivity index (χ3v) is 2.01. The first kappa shape index (κ1) is 9.44. The Morgan fingerprint density at radius 2 is 2.42 bits per heavy atom. The molecule has 0 aliphatic carbocycles. The van der Waals surface area contributed by atoms with Gasteiger partial charge >= 0.3 is 0 Å². The molecule has 5 heteroatoms. The van der Waals surface area contributed by atoms with Crippen LogP contribution >= 0.6 is 0 Å². The molecule has 0 radical (unpaired) electrons. The smallest absolute Gasteiger partial charge is 0.217 e. The van der Waals surface area contributed by atoms with E-state index < -0.39 is 6.10 Å². The highest BCUT2D eigenvalue weighted by Crippen LogP contribution is 2.06. The Balaban J connectivity index is 2.43. The average Bonchev–Trinajstić information content (AvgIpc) is 2.32. The largest absolute Gasteiger partial charge is 0.395 e. The molecule has 1 fully saturated rings. The van der Waals surface area contributed by atoms with Crippen molar-refractivity contribution in [1.82, 2.24) is 10.6 Å². The summed E-state index contributed by atoms with van der Waals surface area (Å²) in [7, 11) is 0. The molecule has 3 atom stereocenters. The highest BCUT2D eigenvalue weighted by atomic mass is 16.3. The molecule has 5 nitrogen and oxygen atoms in total. The number of aliphatic hydroxyl groups is 2. The van der Waals surface area contributed by atoms with Crippen LogP contribution in [0.1, 0.15) is 6.92 Å². The topological polar surface area (TPSA) is 81.6 Å². The second kappa shape index (κ2) is 3.84. The summed E-state index contributed by atoms with van der Waals surface area (Å²) in [6.07, 6.45) is -0.695. The summed E-state index contributed by atoms with van der Waals surface area (Å²) in [5, 5.41) is 23.7. The van der Waals surface area contributed by atoms with Crippen molar-refractivity contribution in [3.05, 3.63) is 0 Å². The molecule has 1 amide bonds. The molecule has 0 aromatic heterocycles. The van der Waals surface area contributed by atoms with Crippen molar-refractivity contribution in [2.45, 2.75) is 25.1 Å². The van der Waals surface area contributed by atoms with E-state index in [1.54, 1.807) is 0 Å². The van der Waals surface area contributed by atoms with Crippen molar-refractivity contribution >= 4 is 5.91 Å². The molecule has 0 bridgehead atoms. The highest BCUT2D eigenvalue weighted by Gasteiger charge is 2.33. The molecule has 1 heterocycles. The van der Waals surface area contributed by atoms with Gasteiger partial charge in [0.25, 0.3) is 0 Å². The van der Waals surface area contributed by atoms with Crippen LogP contribution in [-0.2, 0) is 4.79 Å². The maximum absolute atomic E-state index is 10.6. The maximum atomic E-state index is 10.6. The molecule has 0 spiro atoms. The van der Waals surface area contributed by atoms with Gasteiger partial charge in [0.05, 0.1) is 24.8 Å². The number of carbonyl (C=O) groups is 1. The molecule has 1 aliphatic heterocycles. The minimum atomic E-state index is -0.695. The molecule has 4 N–H and O–H groups in total. The summed E-state index contributed by atoms with van der Waals surface area (Å²) in [6, 6.07) is -0.596. The van der Waals surface area contributed by atoms with Gasteiger partial charge in [-0.3, -0.25) is 4.79 Å². The Labute approximate surface area is 70.8 Å². The van der Waals surface area contributed by atoms with Crippen molar-refractivity contribution in [2.75, 3.05) is 13.2 Å². The van der Waals surface area contributed by atoms with Gasteiger partial charge in [0.2, 0.25) is 5.91 Å². The molecule has 0 aromatic carbocycles. The van der Waals surface area contributed by atoms with Gasteiger partial charge < -0.3 is 20.8 Å². The Bertz CT molecular complexity index is 174. The van der Waals surface area contributed by atoms with E-state index in [-0.39, 0.29) is 24.6 Å². The molecule has 12 heavy (non-hydrogen) atoms. The van der Waals surface area contributed by atoms with E-state index in [2.05, 4.69) is 10.6 Å². The van der Waals surface area contributed by atoms with Crippen molar-refractivity contribution in [2.24, 2.45) is 0 Å². The lowest BCUT2D eigenvalue weighted by molar-refractivity contribution is -0.120. The van der Waals surface area contributed by atoms with Gasteiger partial charge in [-0.1, -0.05) is 0 Å². The third-order valence-electron chi connectivity index (χ3n) is 2.01. The fourth-order valence-electron chi connectivity index (χ4n) is 1.37. The molecule has 1 aliphatic rings. The second-order valence-electron chi connectivity index (χ2n) is 2.99. The van der Waals surface area contributed by atoms with Crippen molar-refractivity contribution in [3.63, 3.8) is 0 Å². The molecular weight excluding hydrogens is 160 g/mol. The molecule has 0 unspecified atom stereocenters. The highest BCUT2D eigenvalue weighted by molar-refractivity contribution is 5.73. The zero-order chi connectivity index (χ0) is 9.14. The molecule has 0 aromatic rings. The fraction of sp³-hybridized carbons (Fsp3) is 0.857. The summed E-state index contributed by atoms with van der Waals surface area (Å²) in [5.41, 5.74) is 0. The summed E-state index contributed by atoms with van der Waals surface area (Å²) in [4.78, 5) is 10.6. The monoisotopic (exact) mass is 174 g/mol. The fourth-order valence-corrected chi connectivity index (χ4v) is 1.37. The quantitative estimate of drug-likeness (QED) is 0.383. The summed E-state index contributed by atoms with van der Waals surface area (Å²) in [5.74, 6) is -0.167. The van der Waals surface area contributed by atoms with E-state index in [0.717, 1.165) is 0 Å². The summed E-state index contributed by atoms with van der Waals surface area (Å²) < 4.78 is 0. The first-order chi connectivity index (χ1) is 5.65. The average molecular weight is 174 g/mol. The van der Waals surface area contributed by atoms with Gasteiger partial charge in [-0.05, 0) is 0 Å². The van der Waals surface area contributed by atoms with E-state index in [1.807, 2.05) is 0 Å². The van der Waals surface area contributed by atoms with Crippen LogP contribution in [0.5, 0.6) is 0 Å². The maximum Gasteiger partial charge on any atom is 0.217 e. The lowest BCUT2D eigenvalue weighted by Crippen LogP contribution is -2.44. The van der Waals surface area contributed by atoms with Crippen LogP contribution in [0.2, 0.25) is 0 Å². The predicted molar refractivity (Wildman–Crippen MR) is 42.5 cm³/mol. The minimum Gasteiger partial charge on any atom is -0.395 e. The van der Waals surface area contributed by atoms with Crippen molar-refractivity contribution < 1.29 is 15.0 Å². The molecule has 70 valence electrons. The summed E-state index contributed by atoms with van der Waals surface area (Å²) in [6.45, 7) is 1.79. The Kier molecular flexibility index (Phi) is 3.02. The number of hydrogen-bond acceptors (Lipinski definition) is 4. The third kappa shape index (κ3) is 1.94. The first-order valence-corrected chi connectivity index (χ1v) is 3.94. The van der Waals surface area contributed by atoms with Crippen LogP contribution < -0.4 is 10.6 Å². The molecular formula is C7H14N2O3. The van der Waals surface area contributed by atoms with Crippen LogP contribution in [0.4, 0.5) is 0 Å². The van der Waals surface area contributed by atoms with E-state index in [0.29, 0.717) is 6.54 Å². The van der Waals surface area contributed by atoms with Gasteiger partial charge in [0, 0.05) is 13.5 Å². The van der Waals surface area contributed by atoms with Crippen molar-refractivity contribution in [3.8, 4) is 0 Å². The van der Waals surface area contributed by atoms with Crippen molar-refractivity contribution in [1.29, 1.82) is 0 Å². The van der Waals surface area contributed by atoms with Crippen LogP contribution in [0.25, 0.3) is 0 Å². The Morgan fingerprint density at radius 1 is 1.75 bits per heavy atom. The Morgan fingerprint density at radius 3 is 2.83 bits per heavy atom. The number of amides is 1. The number of nitrogens with one attached hydrogen (secondary N) is 2. The van der Waals surface area contributed by atoms with Gasteiger partial charge in [-0.15, -0.1) is 0 Å². The lowest BCUT2D eigenvalue weighted by Gasteiger charge is -2.17. The SMILES string of the molecule is CC(=O)N[C@@H]1CN[C@@H](CO)[C@@H]1O. The Hall–Kier alpha value is -0.650. The lowest BCUT2D eigenvalue weighted by atomic mass is 10.1. The predicted octanol–water partition coefficient (Wildman–Crippen LogP) is -2.18. The van der Waals surface area contributed by atoms with E-state index >= 15 is 0 Å². The first-order valence-electron chi connectivity index (χ1n) is 3.94. The zero-order valence-electron chi connectivity index (χ0n) is 6.95. The summed E-state index contributed by atoms with van der Waals surface area (Å²) >= 11 is 0.